The van der Waals surface area contributed by atoms with E-state index < -0.39 is 6.10 Å². The molecule has 68 heavy (non-hydrogen) atoms. The van der Waals surface area contributed by atoms with Crippen LogP contribution in [-0.4, -0.2) is 37.2 Å². The SMILES string of the molecule is CCC(C)CCCCCCCCC(=O)OC[C@H](COC(=O)CCCCCCCCCCCCCCCCCCCCC(C)C)OC(=O)CCCCCCCCCCCCCCCCCCC(C)C. The molecule has 0 fully saturated rings. The fourth-order valence-electron chi connectivity index (χ4n) is 9.50. The lowest BCUT2D eigenvalue weighted by Crippen LogP contribution is -2.30. The lowest BCUT2D eigenvalue weighted by atomic mass is 10.00. The van der Waals surface area contributed by atoms with Gasteiger partial charge in [-0.25, -0.2) is 0 Å². The molecule has 0 amide bonds. The van der Waals surface area contributed by atoms with Gasteiger partial charge in [-0.1, -0.05) is 305 Å². The van der Waals surface area contributed by atoms with E-state index in [1.807, 2.05) is 0 Å². The lowest BCUT2D eigenvalue weighted by Gasteiger charge is -2.18. The lowest BCUT2D eigenvalue weighted by molar-refractivity contribution is -0.167. The van der Waals surface area contributed by atoms with Crippen LogP contribution in [0.2, 0.25) is 0 Å². The van der Waals surface area contributed by atoms with Crippen molar-refractivity contribution in [2.45, 2.75) is 349 Å². The van der Waals surface area contributed by atoms with E-state index in [0.29, 0.717) is 19.3 Å². The highest BCUT2D eigenvalue weighted by atomic mass is 16.6. The molecule has 0 radical (unpaired) electrons. The molecule has 0 aliphatic rings. The molecule has 6 nitrogen and oxygen atoms in total. The summed E-state index contributed by atoms with van der Waals surface area (Å²) >= 11 is 0. The van der Waals surface area contributed by atoms with Crippen LogP contribution in [0.1, 0.15) is 343 Å². The van der Waals surface area contributed by atoms with E-state index in [1.165, 1.54) is 225 Å². The van der Waals surface area contributed by atoms with Gasteiger partial charge in [0.15, 0.2) is 6.10 Å². The van der Waals surface area contributed by atoms with Crippen molar-refractivity contribution < 1.29 is 28.6 Å². The zero-order valence-electron chi connectivity index (χ0n) is 46.9. The molecule has 0 N–H and O–H groups in total. The molecule has 404 valence electrons. The number of hydrogen-bond acceptors (Lipinski definition) is 6. The highest BCUT2D eigenvalue weighted by Gasteiger charge is 2.19. The van der Waals surface area contributed by atoms with E-state index in [2.05, 4.69) is 41.5 Å². The zero-order chi connectivity index (χ0) is 49.8. The van der Waals surface area contributed by atoms with Gasteiger partial charge in [-0.15, -0.1) is 0 Å². The summed E-state index contributed by atoms with van der Waals surface area (Å²) in [4.78, 5) is 38.2. The maximum atomic E-state index is 12.9. The smallest absolute Gasteiger partial charge is 0.306 e. The summed E-state index contributed by atoms with van der Waals surface area (Å²) in [6.07, 6.45) is 56.8. The standard InChI is InChI=1S/C62H120O6/c1-7-58(6)50-44-38-34-35-40-46-52-61(64)67-55-59(68-62(65)53-47-41-33-29-25-21-17-13-12-15-19-23-27-31-37-43-49-57(4)5)54-66-60(63)51-45-39-32-28-24-20-16-11-9-8-10-14-18-22-26-30-36-42-48-56(2)3/h56-59H,7-55H2,1-6H3/t58?,59-/m0/s1. The Morgan fingerprint density at radius 2 is 0.515 bits per heavy atom. The van der Waals surface area contributed by atoms with Gasteiger partial charge in [-0.3, -0.25) is 14.4 Å². The zero-order valence-corrected chi connectivity index (χ0v) is 46.9. The Labute approximate surface area is 425 Å². The molecule has 0 saturated heterocycles. The van der Waals surface area contributed by atoms with E-state index in [-0.39, 0.29) is 31.1 Å². The number of esters is 3. The second-order valence-corrected chi connectivity index (χ2v) is 22.5. The molecule has 2 atom stereocenters. The van der Waals surface area contributed by atoms with Crippen molar-refractivity contribution in [1.29, 1.82) is 0 Å². The summed E-state index contributed by atoms with van der Waals surface area (Å²) in [6, 6.07) is 0. The summed E-state index contributed by atoms with van der Waals surface area (Å²) in [7, 11) is 0. The maximum absolute atomic E-state index is 12.9. The minimum atomic E-state index is -0.764. The average molecular weight is 962 g/mol. The Morgan fingerprint density at radius 3 is 0.765 bits per heavy atom. The number of ether oxygens (including phenoxy) is 3. The number of hydrogen-bond donors (Lipinski definition) is 0. The van der Waals surface area contributed by atoms with Gasteiger partial charge in [0.05, 0.1) is 0 Å². The molecule has 6 heteroatoms. The van der Waals surface area contributed by atoms with Crippen LogP contribution in [-0.2, 0) is 28.6 Å². The van der Waals surface area contributed by atoms with Crippen LogP contribution in [0, 0.1) is 17.8 Å². The van der Waals surface area contributed by atoms with E-state index in [4.69, 9.17) is 14.2 Å². The molecule has 0 saturated carbocycles. The van der Waals surface area contributed by atoms with Crippen molar-refractivity contribution in [3.05, 3.63) is 0 Å². The summed E-state index contributed by atoms with van der Waals surface area (Å²) in [5, 5.41) is 0. The molecule has 1 unspecified atom stereocenters. The predicted molar refractivity (Wildman–Crippen MR) is 293 cm³/mol. The second-order valence-electron chi connectivity index (χ2n) is 22.5. The van der Waals surface area contributed by atoms with Gasteiger partial charge in [0.1, 0.15) is 13.2 Å². The highest BCUT2D eigenvalue weighted by molar-refractivity contribution is 5.71. The minimum Gasteiger partial charge on any atom is -0.462 e. The Hall–Kier alpha value is -1.59. The Balaban J connectivity index is 4.21. The van der Waals surface area contributed by atoms with Gasteiger partial charge in [-0.05, 0) is 37.0 Å². The van der Waals surface area contributed by atoms with Crippen molar-refractivity contribution in [1.82, 2.24) is 0 Å². The van der Waals surface area contributed by atoms with Crippen molar-refractivity contribution in [2.24, 2.45) is 17.8 Å². The van der Waals surface area contributed by atoms with Gasteiger partial charge in [0.25, 0.3) is 0 Å². The Kier molecular flexibility index (Phi) is 52.0. The van der Waals surface area contributed by atoms with Gasteiger partial charge < -0.3 is 14.2 Å². The second kappa shape index (κ2) is 53.2. The molecule has 0 rings (SSSR count). The molecule has 0 heterocycles. The molecule has 0 aromatic carbocycles. The van der Waals surface area contributed by atoms with Crippen LogP contribution < -0.4 is 0 Å². The van der Waals surface area contributed by atoms with Crippen molar-refractivity contribution in [3.8, 4) is 0 Å². The van der Waals surface area contributed by atoms with Crippen LogP contribution in [0.5, 0.6) is 0 Å². The van der Waals surface area contributed by atoms with E-state index in [9.17, 15) is 14.4 Å². The van der Waals surface area contributed by atoms with Crippen molar-refractivity contribution in [3.63, 3.8) is 0 Å². The van der Waals surface area contributed by atoms with E-state index >= 15 is 0 Å². The third-order valence-electron chi connectivity index (χ3n) is 14.5. The molecule has 0 aromatic rings. The molecular weight excluding hydrogens is 841 g/mol. The molecule has 0 aliphatic heterocycles. The van der Waals surface area contributed by atoms with Gasteiger partial charge in [0, 0.05) is 19.3 Å². The number of carbonyl (C=O) groups excluding carboxylic acids is 3. The highest BCUT2D eigenvalue weighted by Crippen LogP contribution is 2.19. The summed E-state index contributed by atoms with van der Waals surface area (Å²) in [6.45, 7) is 13.8. The summed E-state index contributed by atoms with van der Waals surface area (Å²) < 4.78 is 16.9. The molecular formula is C62H120O6. The predicted octanol–water partition coefficient (Wildman–Crippen LogP) is 20.3. The van der Waals surface area contributed by atoms with E-state index in [0.717, 1.165) is 75.5 Å². The van der Waals surface area contributed by atoms with Crippen molar-refractivity contribution in [2.75, 3.05) is 13.2 Å². The quantitative estimate of drug-likeness (QED) is 0.0343. The third kappa shape index (κ3) is 53.8. The van der Waals surface area contributed by atoms with Crippen LogP contribution in [0.15, 0.2) is 0 Å². The molecule has 0 aliphatic carbocycles. The summed E-state index contributed by atoms with van der Waals surface area (Å²) in [5.41, 5.74) is 0. The van der Waals surface area contributed by atoms with Crippen LogP contribution in [0.3, 0.4) is 0 Å². The van der Waals surface area contributed by atoms with Crippen LogP contribution in [0.4, 0.5) is 0 Å². The first-order chi connectivity index (χ1) is 33.1. The van der Waals surface area contributed by atoms with E-state index in [1.54, 1.807) is 0 Å². The third-order valence-corrected chi connectivity index (χ3v) is 14.5. The van der Waals surface area contributed by atoms with Crippen molar-refractivity contribution >= 4 is 17.9 Å². The largest absolute Gasteiger partial charge is 0.462 e. The van der Waals surface area contributed by atoms with Crippen LogP contribution in [0.25, 0.3) is 0 Å². The van der Waals surface area contributed by atoms with Gasteiger partial charge in [0.2, 0.25) is 0 Å². The first kappa shape index (κ1) is 66.4. The number of rotatable bonds is 55. The average Bonchev–Trinajstić information content (AvgIpc) is 3.31. The maximum Gasteiger partial charge on any atom is 0.306 e. The topological polar surface area (TPSA) is 78.9 Å². The van der Waals surface area contributed by atoms with Gasteiger partial charge >= 0.3 is 17.9 Å². The number of carbonyl (C=O) groups is 3. The Morgan fingerprint density at radius 1 is 0.294 bits per heavy atom. The molecule has 0 bridgehead atoms. The fourth-order valence-corrected chi connectivity index (χ4v) is 9.50. The summed E-state index contributed by atoms with van der Waals surface area (Å²) in [5.74, 6) is 1.68. The number of unbranched alkanes of at least 4 members (excludes halogenated alkanes) is 37. The molecule has 0 aromatic heterocycles. The van der Waals surface area contributed by atoms with Crippen LogP contribution >= 0.6 is 0 Å². The van der Waals surface area contributed by atoms with Gasteiger partial charge in [-0.2, -0.15) is 0 Å². The normalized spacial score (nSPS) is 12.5. The monoisotopic (exact) mass is 961 g/mol. The fraction of sp³-hybridized carbons (Fsp3) is 0.952. The minimum absolute atomic E-state index is 0.0637. The Bertz CT molecular complexity index is 1060. The first-order valence-corrected chi connectivity index (χ1v) is 30.6. The first-order valence-electron chi connectivity index (χ1n) is 30.6. The molecule has 0 spiro atoms.